The molecule has 0 spiro atoms. The standard InChI is InChI=1S/C12H14F3NS/c1-16(8-12(13,14)15)7-10-6-9-4-2-3-5-11(9)17-10/h2-5,10H,6-8H2,1H3. The zero-order valence-electron chi connectivity index (χ0n) is 9.50. The Kier molecular flexibility index (Phi) is 3.68. The van der Waals surface area contributed by atoms with Gasteiger partial charge in [-0.3, -0.25) is 4.90 Å². The molecule has 0 radical (unpaired) electrons. The molecule has 1 atom stereocenters. The van der Waals surface area contributed by atoms with E-state index in [1.165, 1.54) is 22.4 Å². The minimum Gasteiger partial charge on any atom is -0.297 e. The molecule has 0 fully saturated rings. The normalized spacial score (nSPS) is 19.7. The van der Waals surface area contributed by atoms with E-state index >= 15 is 0 Å². The van der Waals surface area contributed by atoms with Crippen molar-refractivity contribution in [2.45, 2.75) is 22.7 Å². The second kappa shape index (κ2) is 4.90. The largest absolute Gasteiger partial charge is 0.401 e. The van der Waals surface area contributed by atoms with Crippen LogP contribution in [0.1, 0.15) is 5.56 Å². The molecule has 2 rings (SSSR count). The first kappa shape index (κ1) is 12.8. The maximum absolute atomic E-state index is 12.2. The first-order valence-electron chi connectivity index (χ1n) is 5.44. The lowest BCUT2D eigenvalue weighted by atomic mass is 10.1. The smallest absolute Gasteiger partial charge is 0.297 e. The first-order chi connectivity index (χ1) is 7.94. The Hall–Kier alpha value is -0.680. The summed E-state index contributed by atoms with van der Waals surface area (Å²) < 4.78 is 36.6. The zero-order chi connectivity index (χ0) is 12.5. The fourth-order valence-electron chi connectivity index (χ4n) is 2.07. The maximum Gasteiger partial charge on any atom is 0.401 e. The van der Waals surface area contributed by atoms with Gasteiger partial charge in [0.1, 0.15) is 0 Å². The highest BCUT2D eigenvalue weighted by Crippen LogP contribution is 2.37. The molecule has 1 unspecified atom stereocenters. The number of nitrogens with zero attached hydrogens (tertiary/aromatic N) is 1. The van der Waals surface area contributed by atoms with Gasteiger partial charge in [0, 0.05) is 16.7 Å². The van der Waals surface area contributed by atoms with E-state index < -0.39 is 12.7 Å². The van der Waals surface area contributed by atoms with E-state index in [1.807, 2.05) is 24.3 Å². The van der Waals surface area contributed by atoms with Gasteiger partial charge in [0.25, 0.3) is 0 Å². The molecule has 0 amide bonds. The van der Waals surface area contributed by atoms with Crippen LogP contribution in [0.5, 0.6) is 0 Å². The van der Waals surface area contributed by atoms with Crippen molar-refractivity contribution < 1.29 is 13.2 Å². The first-order valence-corrected chi connectivity index (χ1v) is 6.32. The summed E-state index contributed by atoms with van der Waals surface area (Å²) >= 11 is 1.68. The minimum absolute atomic E-state index is 0.236. The number of halogens is 3. The van der Waals surface area contributed by atoms with Crippen LogP contribution in [0.15, 0.2) is 29.2 Å². The predicted octanol–water partition coefficient (Wildman–Crippen LogP) is 3.20. The van der Waals surface area contributed by atoms with Crippen molar-refractivity contribution in [2.75, 3.05) is 20.1 Å². The van der Waals surface area contributed by atoms with Gasteiger partial charge in [-0.05, 0) is 25.1 Å². The molecule has 0 N–H and O–H groups in total. The topological polar surface area (TPSA) is 3.24 Å². The summed E-state index contributed by atoms with van der Waals surface area (Å²) in [6.07, 6.45) is -3.24. The van der Waals surface area contributed by atoms with E-state index in [4.69, 9.17) is 0 Å². The number of benzene rings is 1. The number of alkyl halides is 3. The van der Waals surface area contributed by atoms with Crippen LogP contribution in [0.3, 0.4) is 0 Å². The summed E-state index contributed by atoms with van der Waals surface area (Å²) in [7, 11) is 1.52. The number of hydrogen-bond donors (Lipinski definition) is 0. The van der Waals surface area contributed by atoms with E-state index in [0.717, 1.165) is 6.42 Å². The molecule has 1 aliphatic heterocycles. The Balaban J connectivity index is 1.87. The molecular weight excluding hydrogens is 247 g/mol. The highest BCUT2D eigenvalue weighted by Gasteiger charge is 2.31. The van der Waals surface area contributed by atoms with Crippen molar-refractivity contribution in [3.63, 3.8) is 0 Å². The van der Waals surface area contributed by atoms with Crippen LogP contribution in [0.4, 0.5) is 13.2 Å². The van der Waals surface area contributed by atoms with Gasteiger partial charge in [-0.2, -0.15) is 13.2 Å². The Morgan fingerprint density at radius 2 is 2.06 bits per heavy atom. The Labute approximate surface area is 103 Å². The Bertz CT molecular complexity index is 367. The molecule has 0 saturated carbocycles. The Morgan fingerprint density at radius 3 is 2.71 bits per heavy atom. The van der Waals surface area contributed by atoms with Crippen molar-refractivity contribution in [3.8, 4) is 0 Å². The molecule has 1 aromatic rings. The van der Waals surface area contributed by atoms with E-state index in [0.29, 0.717) is 6.54 Å². The molecule has 0 aliphatic carbocycles. The van der Waals surface area contributed by atoms with Crippen LogP contribution in [-0.4, -0.2) is 36.5 Å². The van der Waals surface area contributed by atoms with Gasteiger partial charge >= 0.3 is 6.18 Å². The van der Waals surface area contributed by atoms with Gasteiger partial charge in [-0.1, -0.05) is 18.2 Å². The summed E-state index contributed by atoms with van der Waals surface area (Å²) in [5, 5.41) is 0.236. The molecule has 0 aromatic heterocycles. The molecule has 1 aliphatic rings. The van der Waals surface area contributed by atoms with E-state index in [1.54, 1.807) is 11.8 Å². The van der Waals surface area contributed by atoms with Gasteiger partial charge < -0.3 is 0 Å². The summed E-state index contributed by atoms with van der Waals surface area (Å²) in [5.74, 6) is 0. The third kappa shape index (κ3) is 3.64. The van der Waals surface area contributed by atoms with Crippen molar-refractivity contribution in [1.82, 2.24) is 4.90 Å². The maximum atomic E-state index is 12.2. The lowest BCUT2D eigenvalue weighted by molar-refractivity contribution is -0.142. The second-order valence-corrected chi connectivity index (χ2v) is 5.71. The SMILES string of the molecule is CN(CC1Cc2ccccc2S1)CC(F)(F)F. The molecule has 1 aromatic carbocycles. The minimum atomic E-state index is -4.11. The summed E-state index contributed by atoms with van der Waals surface area (Å²) in [5.41, 5.74) is 1.25. The summed E-state index contributed by atoms with van der Waals surface area (Å²) in [6.45, 7) is -0.362. The van der Waals surface area contributed by atoms with Crippen LogP contribution in [0.25, 0.3) is 0 Å². The number of rotatable bonds is 3. The van der Waals surface area contributed by atoms with Crippen molar-refractivity contribution in [1.29, 1.82) is 0 Å². The van der Waals surface area contributed by atoms with Crippen LogP contribution in [0.2, 0.25) is 0 Å². The molecular formula is C12H14F3NS. The summed E-state index contributed by atoms with van der Waals surface area (Å²) in [6, 6.07) is 8.02. The number of thioether (sulfide) groups is 1. The van der Waals surface area contributed by atoms with Crippen LogP contribution < -0.4 is 0 Å². The third-order valence-electron chi connectivity index (χ3n) is 2.68. The van der Waals surface area contributed by atoms with E-state index in [-0.39, 0.29) is 5.25 Å². The number of hydrogen-bond acceptors (Lipinski definition) is 2. The van der Waals surface area contributed by atoms with Gasteiger partial charge in [0.15, 0.2) is 0 Å². The predicted molar refractivity (Wildman–Crippen MR) is 63.3 cm³/mol. The second-order valence-electron chi connectivity index (χ2n) is 4.36. The molecule has 0 bridgehead atoms. The number of fused-ring (bicyclic) bond motifs is 1. The zero-order valence-corrected chi connectivity index (χ0v) is 10.3. The van der Waals surface area contributed by atoms with E-state index in [2.05, 4.69) is 0 Å². The average Bonchev–Trinajstić information content (AvgIpc) is 2.55. The van der Waals surface area contributed by atoms with Crippen molar-refractivity contribution >= 4 is 11.8 Å². The van der Waals surface area contributed by atoms with Crippen molar-refractivity contribution in [3.05, 3.63) is 29.8 Å². The lowest BCUT2D eigenvalue weighted by Crippen LogP contribution is -2.35. The van der Waals surface area contributed by atoms with Crippen molar-refractivity contribution in [2.24, 2.45) is 0 Å². The fraction of sp³-hybridized carbons (Fsp3) is 0.500. The van der Waals surface area contributed by atoms with Gasteiger partial charge in [-0.15, -0.1) is 11.8 Å². The van der Waals surface area contributed by atoms with Gasteiger partial charge in [-0.25, -0.2) is 0 Å². The molecule has 0 saturated heterocycles. The van der Waals surface area contributed by atoms with Crippen LogP contribution >= 0.6 is 11.8 Å². The van der Waals surface area contributed by atoms with Gasteiger partial charge in [0.2, 0.25) is 0 Å². The highest BCUT2D eigenvalue weighted by atomic mass is 32.2. The summed E-state index contributed by atoms with van der Waals surface area (Å²) in [4.78, 5) is 2.56. The quantitative estimate of drug-likeness (QED) is 0.822. The van der Waals surface area contributed by atoms with E-state index in [9.17, 15) is 13.2 Å². The molecule has 5 heteroatoms. The highest BCUT2D eigenvalue weighted by molar-refractivity contribution is 8.00. The third-order valence-corrected chi connectivity index (χ3v) is 3.98. The monoisotopic (exact) mass is 261 g/mol. The lowest BCUT2D eigenvalue weighted by Gasteiger charge is -2.21. The Morgan fingerprint density at radius 1 is 1.35 bits per heavy atom. The van der Waals surface area contributed by atoms with Crippen LogP contribution in [0, 0.1) is 0 Å². The molecule has 94 valence electrons. The molecule has 1 heterocycles. The molecule has 1 nitrogen and oxygen atoms in total. The fourth-order valence-corrected chi connectivity index (χ4v) is 3.48. The van der Waals surface area contributed by atoms with Crippen LogP contribution in [-0.2, 0) is 6.42 Å². The molecule has 17 heavy (non-hydrogen) atoms. The van der Waals surface area contributed by atoms with Gasteiger partial charge in [0.05, 0.1) is 6.54 Å². The average molecular weight is 261 g/mol.